The molecule has 2 aromatic heterocycles. The number of carboxylic acid groups (broad SMARTS) is 1. The number of halogens is 3. The molecule has 2 aliphatic heterocycles. The number of anilines is 1. The molecule has 0 bridgehead atoms. The van der Waals surface area contributed by atoms with Crippen LogP contribution in [0.15, 0.2) is 18.5 Å². The van der Waals surface area contributed by atoms with Gasteiger partial charge >= 0.3 is 12.1 Å². The molecule has 0 radical (unpaired) electrons. The number of carbonyl (C=O) groups is 1. The van der Waals surface area contributed by atoms with Gasteiger partial charge in [0.1, 0.15) is 17.7 Å². The molecule has 0 amide bonds. The average molecular weight is 444 g/mol. The Morgan fingerprint density at radius 1 is 1.32 bits per heavy atom. The van der Waals surface area contributed by atoms with Crippen LogP contribution in [0.1, 0.15) is 26.7 Å². The van der Waals surface area contributed by atoms with Gasteiger partial charge in [0.2, 0.25) is 0 Å². The fourth-order valence-electron chi connectivity index (χ4n) is 3.86. The summed E-state index contributed by atoms with van der Waals surface area (Å²) < 4.78 is 39.8. The van der Waals surface area contributed by atoms with Crippen LogP contribution in [0.2, 0.25) is 0 Å². The number of nitrogens with zero attached hydrogens (tertiary/aromatic N) is 6. The number of fused-ring (bicyclic) bond motifs is 1. The Bertz CT molecular complexity index is 870. The molecule has 1 atom stereocenters. The van der Waals surface area contributed by atoms with E-state index in [1.165, 1.54) is 13.0 Å². The van der Waals surface area contributed by atoms with Crippen LogP contribution < -0.4 is 4.90 Å². The fourth-order valence-corrected chi connectivity index (χ4v) is 3.86. The topological polar surface area (TPSA) is 96.1 Å². The van der Waals surface area contributed by atoms with Gasteiger partial charge in [-0.2, -0.15) is 17.7 Å². The van der Waals surface area contributed by atoms with Gasteiger partial charge in [-0.25, -0.2) is 4.79 Å². The second kappa shape index (κ2) is 9.35. The zero-order valence-corrected chi connectivity index (χ0v) is 17.5. The van der Waals surface area contributed by atoms with Crippen LogP contribution in [-0.2, 0) is 9.53 Å². The molecular weight excluding hydrogens is 417 g/mol. The minimum absolute atomic E-state index is 0.0452. The van der Waals surface area contributed by atoms with E-state index in [-0.39, 0.29) is 5.60 Å². The first-order chi connectivity index (χ1) is 14.7. The van der Waals surface area contributed by atoms with Crippen LogP contribution in [0.5, 0.6) is 0 Å². The predicted molar refractivity (Wildman–Crippen MR) is 106 cm³/mol. The highest BCUT2D eigenvalue weighted by molar-refractivity contribution is 5.73. The summed E-state index contributed by atoms with van der Waals surface area (Å²) in [6.45, 7) is 10.7. The van der Waals surface area contributed by atoms with Gasteiger partial charge in [-0.3, -0.25) is 0 Å². The number of ether oxygens (including phenoxy) is 1. The van der Waals surface area contributed by atoms with Crippen LogP contribution in [0.4, 0.5) is 19.0 Å². The molecule has 4 rings (SSSR count). The highest BCUT2D eigenvalue weighted by Crippen LogP contribution is 2.38. The zero-order valence-electron chi connectivity index (χ0n) is 17.5. The first kappa shape index (κ1) is 23.2. The van der Waals surface area contributed by atoms with E-state index in [0.717, 1.165) is 50.7 Å². The molecule has 2 saturated heterocycles. The Morgan fingerprint density at radius 3 is 2.55 bits per heavy atom. The van der Waals surface area contributed by atoms with Crippen LogP contribution in [0, 0.1) is 5.92 Å². The van der Waals surface area contributed by atoms with Crippen molar-refractivity contribution in [1.29, 1.82) is 0 Å². The molecule has 12 heteroatoms. The Labute approximate surface area is 177 Å². The van der Waals surface area contributed by atoms with E-state index < -0.39 is 12.1 Å². The van der Waals surface area contributed by atoms with Gasteiger partial charge in [0.25, 0.3) is 0 Å². The quantitative estimate of drug-likeness (QED) is 0.749. The van der Waals surface area contributed by atoms with Crippen molar-refractivity contribution < 1.29 is 27.8 Å². The minimum atomic E-state index is -5.08. The van der Waals surface area contributed by atoms with Gasteiger partial charge in [-0.05, 0) is 44.0 Å². The smallest absolute Gasteiger partial charge is 0.475 e. The molecule has 1 unspecified atom stereocenters. The number of aromatic nitrogens is 4. The molecule has 2 aromatic rings. The SMILES string of the molecule is CCN(CC)CC1CCC2(CN(c3ccc4nncn4n3)C2)OC1.O=C(O)C(F)(F)F. The third-order valence-electron chi connectivity index (χ3n) is 5.72. The van der Waals surface area contributed by atoms with E-state index >= 15 is 0 Å². The molecule has 1 N–H and O–H groups in total. The molecule has 2 aliphatic rings. The second-order valence-corrected chi connectivity index (χ2v) is 7.87. The first-order valence-corrected chi connectivity index (χ1v) is 10.2. The lowest BCUT2D eigenvalue weighted by molar-refractivity contribution is -0.192. The molecule has 0 aliphatic carbocycles. The van der Waals surface area contributed by atoms with Crippen LogP contribution >= 0.6 is 0 Å². The van der Waals surface area contributed by atoms with E-state index in [4.69, 9.17) is 14.6 Å². The van der Waals surface area contributed by atoms with E-state index in [0.29, 0.717) is 5.92 Å². The third-order valence-corrected chi connectivity index (χ3v) is 5.72. The summed E-state index contributed by atoms with van der Waals surface area (Å²) in [5.74, 6) is -1.11. The predicted octanol–water partition coefficient (Wildman–Crippen LogP) is 2.08. The zero-order chi connectivity index (χ0) is 22.6. The van der Waals surface area contributed by atoms with Gasteiger partial charge in [0, 0.05) is 6.54 Å². The number of carboxylic acids is 1. The van der Waals surface area contributed by atoms with Crippen LogP contribution in [0.3, 0.4) is 0 Å². The molecule has 4 heterocycles. The lowest BCUT2D eigenvalue weighted by Crippen LogP contribution is -2.65. The summed E-state index contributed by atoms with van der Waals surface area (Å²) in [5.41, 5.74) is 0.825. The van der Waals surface area contributed by atoms with E-state index in [1.807, 2.05) is 12.1 Å². The molecule has 172 valence electrons. The summed E-state index contributed by atoms with van der Waals surface area (Å²) >= 11 is 0. The van der Waals surface area contributed by atoms with Crippen molar-refractivity contribution in [3.05, 3.63) is 18.5 Å². The molecule has 9 nitrogen and oxygen atoms in total. The van der Waals surface area contributed by atoms with Gasteiger partial charge in [0.15, 0.2) is 5.65 Å². The summed E-state index contributed by atoms with van der Waals surface area (Å²) in [7, 11) is 0. The van der Waals surface area contributed by atoms with Gasteiger partial charge in [-0.1, -0.05) is 13.8 Å². The van der Waals surface area contributed by atoms with Gasteiger partial charge in [0.05, 0.1) is 19.7 Å². The Hall–Kier alpha value is -2.47. The molecule has 1 spiro atoms. The van der Waals surface area contributed by atoms with Crippen molar-refractivity contribution in [3.8, 4) is 0 Å². The molecule has 0 saturated carbocycles. The maximum Gasteiger partial charge on any atom is 0.490 e. The number of hydrogen-bond acceptors (Lipinski definition) is 7. The Kier molecular flexibility index (Phi) is 6.99. The largest absolute Gasteiger partial charge is 0.490 e. The van der Waals surface area contributed by atoms with E-state index in [9.17, 15) is 13.2 Å². The molecule has 0 aromatic carbocycles. The highest BCUT2D eigenvalue weighted by Gasteiger charge is 2.47. The van der Waals surface area contributed by atoms with Gasteiger partial charge in [-0.15, -0.1) is 15.3 Å². The van der Waals surface area contributed by atoms with E-state index in [1.54, 1.807) is 10.8 Å². The van der Waals surface area contributed by atoms with E-state index in [2.05, 4.69) is 38.9 Å². The lowest BCUT2D eigenvalue weighted by atomic mass is 9.83. The van der Waals surface area contributed by atoms with Crippen molar-refractivity contribution >= 4 is 17.4 Å². The molecule has 31 heavy (non-hydrogen) atoms. The molecular formula is C19H27F3N6O3. The second-order valence-electron chi connectivity index (χ2n) is 7.87. The summed E-state index contributed by atoms with van der Waals surface area (Å²) in [4.78, 5) is 13.7. The maximum absolute atomic E-state index is 10.6. The Balaban J connectivity index is 0.000000339. The van der Waals surface area contributed by atoms with Crippen molar-refractivity contribution in [2.75, 3.05) is 44.2 Å². The standard InChI is InChI=1S/C17H26N6O.C2HF3O2/c1-3-21(4-2)9-14-7-8-17(24-10-14)11-22(12-17)16-6-5-15-19-18-13-23(15)20-16;3-2(4,5)1(6)7/h5-6,13-14H,3-4,7-12H2,1-2H3;(H,6,7). The fraction of sp³-hybridized carbons (Fsp3) is 0.684. The van der Waals surface area contributed by atoms with Crippen molar-refractivity contribution in [3.63, 3.8) is 0 Å². The molecule has 2 fully saturated rings. The highest BCUT2D eigenvalue weighted by atomic mass is 19.4. The average Bonchev–Trinajstić information content (AvgIpc) is 3.18. The van der Waals surface area contributed by atoms with Crippen LogP contribution in [0.25, 0.3) is 5.65 Å². The minimum Gasteiger partial charge on any atom is -0.475 e. The number of rotatable bonds is 5. The Morgan fingerprint density at radius 2 is 2.00 bits per heavy atom. The number of hydrogen-bond donors (Lipinski definition) is 1. The third kappa shape index (κ3) is 5.62. The summed E-state index contributed by atoms with van der Waals surface area (Å²) in [5, 5.41) is 19.6. The maximum atomic E-state index is 10.6. The van der Waals surface area contributed by atoms with Crippen molar-refractivity contribution in [2.24, 2.45) is 5.92 Å². The normalized spacial score (nSPS) is 20.5. The monoisotopic (exact) mass is 444 g/mol. The van der Waals surface area contributed by atoms with Crippen molar-refractivity contribution in [1.82, 2.24) is 24.7 Å². The lowest BCUT2D eigenvalue weighted by Gasteiger charge is -2.53. The number of aliphatic carboxylic acids is 1. The number of alkyl halides is 3. The summed E-state index contributed by atoms with van der Waals surface area (Å²) in [6, 6.07) is 3.98. The van der Waals surface area contributed by atoms with Crippen LogP contribution in [-0.4, -0.2) is 86.9 Å². The summed E-state index contributed by atoms with van der Waals surface area (Å²) in [6.07, 6.45) is -1.02. The van der Waals surface area contributed by atoms with Gasteiger partial charge < -0.3 is 19.6 Å². The van der Waals surface area contributed by atoms with Crippen molar-refractivity contribution in [2.45, 2.75) is 38.5 Å². The first-order valence-electron chi connectivity index (χ1n) is 10.2.